The van der Waals surface area contributed by atoms with Gasteiger partial charge in [0.05, 0.1) is 12.2 Å². The quantitative estimate of drug-likeness (QED) is 0.837. The molecule has 2 aromatic rings. The van der Waals surface area contributed by atoms with Crippen LogP contribution in [-0.2, 0) is 17.4 Å². The average Bonchev–Trinajstić information content (AvgIpc) is 2.58. The second-order valence-electron chi connectivity index (χ2n) is 8.36. The zero-order valence-electron chi connectivity index (χ0n) is 15.4. The van der Waals surface area contributed by atoms with Gasteiger partial charge in [0.2, 0.25) is 0 Å². The Morgan fingerprint density at radius 1 is 0.920 bits per heavy atom. The van der Waals surface area contributed by atoms with Crippen molar-refractivity contribution in [3.63, 3.8) is 0 Å². The Kier molecular flexibility index (Phi) is 4.24. The standard InChI is InChI=1S/C22H26O3/c1-21(2)9-10-22(3,4)19-12-15(6-8-18(19)21)14-5-7-17(20(24)25)16(11-14)13-23/h5-8,11-12,23H,9-10,13H2,1-4H3,(H,24,25). The topological polar surface area (TPSA) is 57.5 Å². The van der Waals surface area contributed by atoms with E-state index in [4.69, 9.17) is 0 Å². The first-order chi connectivity index (χ1) is 11.7. The van der Waals surface area contributed by atoms with Crippen LogP contribution in [0, 0.1) is 0 Å². The van der Waals surface area contributed by atoms with Crippen molar-refractivity contribution in [2.24, 2.45) is 0 Å². The Hall–Kier alpha value is -2.13. The lowest BCUT2D eigenvalue weighted by atomic mass is 9.63. The van der Waals surface area contributed by atoms with E-state index in [0.29, 0.717) is 5.56 Å². The highest BCUT2D eigenvalue weighted by molar-refractivity contribution is 5.90. The number of hydrogen-bond donors (Lipinski definition) is 2. The highest BCUT2D eigenvalue weighted by atomic mass is 16.4. The van der Waals surface area contributed by atoms with Crippen LogP contribution in [-0.4, -0.2) is 16.2 Å². The van der Waals surface area contributed by atoms with E-state index in [9.17, 15) is 15.0 Å². The Labute approximate surface area is 149 Å². The molecule has 0 fully saturated rings. The maximum absolute atomic E-state index is 11.3. The number of hydrogen-bond acceptors (Lipinski definition) is 2. The molecule has 3 heteroatoms. The van der Waals surface area contributed by atoms with E-state index in [1.165, 1.54) is 17.5 Å². The largest absolute Gasteiger partial charge is 0.478 e. The third kappa shape index (κ3) is 3.09. The summed E-state index contributed by atoms with van der Waals surface area (Å²) in [7, 11) is 0. The molecule has 0 bridgehead atoms. The highest BCUT2D eigenvalue weighted by Gasteiger charge is 2.36. The van der Waals surface area contributed by atoms with Crippen LogP contribution in [0.1, 0.15) is 67.6 Å². The van der Waals surface area contributed by atoms with Crippen LogP contribution in [0.5, 0.6) is 0 Å². The van der Waals surface area contributed by atoms with Crippen molar-refractivity contribution in [2.75, 3.05) is 0 Å². The zero-order valence-corrected chi connectivity index (χ0v) is 15.4. The zero-order chi connectivity index (χ0) is 18.4. The number of benzene rings is 2. The summed E-state index contributed by atoms with van der Waals surface area (Å²) < 4.78 is 0. The molecule has 0 unspecified atom stereocenters. The van der Waals surface area contributed by atoms with E-state index >= 15 is 0 Å². The van der Waals surface area contributed by atoms with Crippen LogP contribution in [0.4, 0.5) is 0 Å². The van der Waals surface area contributed by atoms with Gasteiger partial charge in [-0.2, -0.15) is 0 Å². The molecule has 0 amide bonds. The number of aliphatic hydroxyl groups excluding tert-OH is 1. The molecule has 1 aliphatic carbocycles. The van der Waals surface area contributed by atoms with Gasteiger partial charge in [0.25, 0.3) is 0 Å². The van der Waals surface area contributed by atoms with Crippen LogP contribution >= 0.6 is 0 Å². The average molecular weight is 338 g/mol. The van der Waals surface area contributed by atoms with Gasteiger partial charge in [-0.25, -0.2) is 4.79 Å². The molecule has 3 rings (SSSR count). The first kappa shape index (κ1) is 17.7. The van der Waals surface area contributed by atoms with E-state index in [1.54, 1.807) is 12.1 Å². The summed E-state index contributed by atoms with van der Waals surface area (Å²) in [6.45, 7) is 8.90. The lowest BCUT2D eigenvalue weighted by Crippen LogP contribution is -2.33. The van der Waals surface area contributed by atoms with Gasteiger partial charge in [0, 0.05) is 0 Å². The number of carboxylic acids is 1. The fourth-order valence-electron chi connectivity index (χ4n) is 3.88. The molecule has 1 aliphatic rings. The third-order valence-corrected chi connectivity index (χ3v) is 5.69. The number of fused-ring (bicyclic) bond motifs is 1. The molecule has 0 atom stereocenters. The molecule has 2 aromatic carbocycles. The Morgan fingerprint density at radius 2 is 1.48 bits per heavy atom. The molecule has 0 spiro atoms. The fourth-order valence-corrected chi connectivity index (χ4v) is 3.88. The minimum absolute atomic E-state index is 0.127. The van der Waals surface area contributed by atoms with E-state index in [1.807, 2.05) is 6.07 Å². The van der Waals surface area contributed by atoms with E-state index in [2.05, 4.69) is 45.9 Å². The molecule has 25 heavy (non-hydrogen) atoms. The normalized spacial score (nSPS) is 17.8. The van der Waals surface area contributed by atoms with Crippen molar-refractivity contribution in [3.8, 4) is 11.1 Å². The Morgan fingerprint density at radius 3 is 2.08 bits per heavy atom. The van der Waals surface area contributed by atoms with Crippen LogP contribution in [0.3, 0.4) is 0 Å². The first-order valence-corrected chi connectivity index (χ1v) is 8.78. The van der Waals surface area contributed by atoms with E-state index in [0.717, 1.165) is 17.5 Å². The SMILES string of the molecule is CC1(C)CCC(C)(C)c2cc(-c3ccc(C(=O)O)c(CO)c3)ccc21. The fraction of sp³-hybridized carbons (Fsp3) is 0.409. The molecular weight excluding hydrogens is 312 g/mol. The van der Waals surface area contributed by atoms with Gasteiger partial charge in [-0.05, 0) is 63.6 Å². The summed E-state index contributed by atoms with van der Waals surface area (Å²) >= 11 is 0. The van der Waals surface area contributed by atoms with Crippen molar-refractivity contribution < 1.29 is 15.0 Å². The van der Waals surface area contributed by atoms with Crippen molar-refractivity contribution in [1.29, 1.82) is 0 Å². The van der Waals surface area contributed by atoms with Gasteiger partial charge in [-0.15, -0.1) is 0 Å². The van der Waals surface area contributed by atoms with Crippen molar-refractivity contribution in [3.05, 3.63) is 58.7 Å². The minimum Gasteiger partial charge on any atom is -0.478 e. The maximum Gasteiger partial charge on any atom is 0.336 e. The monoisotopic (exact) mass is 338 g/mol. The van der Waals surface area contributed by atoms with E-state index < -0.39 is 5.97 Å². The van der Waals surface area contributed by atoms with Crippen molar-refractivity contribution in [1.82, 2.24) is 0 Å². The van der Waals surface area contributed by atoms with E-state index in [-0.39, 0.29) is 23.0 Å². The number of rotatable bonds is 3. The molecule has 3 nitrogen and oxygen atoms in total. The van der Waals surface area contributed by atoms with Crippen molar-refractivity contribution >= 4 is 5.97 Å². The summed E-state index contributed by atoms with van der Waals surface area (Å²) in [5, 5.41) is 18.8. The molecule has 0 saturated heterocycles. The minimum atomic E-state index is -1.01. The maximum atomic E-state index is 11.3. The number of carboxylic acid groups (broad SMARTS) is 1. The summed E-state index contributed by atoms with van der Waals surface area (Å²) in [5.74, 6) is -1.01. The second-order valence-corrected chi connectivity index (χ2v) is 8.36. The Balaban J connectivity index is 2.13. The summed E-state index contributed by atoms with van der Waals surface area (Å²) in [6.07, 6.45) is 2.32. The van der Waals surface area contributed by atoms with Crippen LogP contribution in [0.2, 0.25) is 0 Å². The van der Waals surface area contributed by atoms with Gasteiger partial charge < -0.3 is 10.2 Å². The van der Waals surface area contributed by atoms with Gasteiger partial charge in [0.15, 0.2) is 0 Å². The molecular formula is C22H26O3. The summed E-state index contributed by atoms with van der Waals surface area (Å²) in [6, 6.07) is 11.8. The summed E-state index contributed by atoms with van der Waals surface area (Å²) in [5.41, 5.74) is 5.68. The van der Waals surface area contributed by atoms with Gasteiger partial charge in [-0.1, -0.05) is 52.0 Å². The first-order valence-electron chi connectivity index (χ1n) is 8.78. The molecule has 0 radical (unpaired) electrons. The Bertz CT molecular complexity index is 831. The molecule has 2 N–H and O–H groups in total. The van der Waals surface area contributed by atoms with Gasteiger partial charge in [0.1, 0.15) is 0 Å². The number of aliphatic hydroxyl groups is 1. The van der Waals surface area contributed by atoms with Crippen LogP contribution in [0.25, 0.3) is 11.1 Å². The lowest BCUT2D eigenvalue weighted by Gasteiger charge is -2.42. The molecule has 0 saturated carbocycles. The lowest BCUT2D eigenvalue weighted by molar-refractivity contribution is 0.0693. The van der Waals surface area contributed by atoms with Crippen LogP contribution < -0.4 is 0 Å². The second kappa shape index (κ2) is 5.99. The number of aromatic carboxylic acids is 1. The predicted octanol–water partition coefficient (Wildman–Crippen LogP) is 4.89. The molecule has 132 valence electrons. The molecule has 0 heterocycles. The van der Waals surface area contributed by atoms with Gasteiger partial charge in [-0.3, -0.25) is 0 Å². The highest BCUT2D eigenvalue weighted by Crippen LogP contribution is 2.46. The van der Waals surface area contributed by atoms with Gasteiger partial charge >= 0.3 is 5.97 Å². The third-order valence-electron chi connectivity index (χ3n) is 5.69. The number of carbonyl (C=O) groups is 1. The molecule has 0 aromatic heterocycles. The summed E-state index contributed by atoms with van der Waals surface area (Å²) in [4.78, 5) is 11.3. The predicted molar refractivity (Wildman–Crippen MR) is 100 cm³/mol. The molecule has 0 aliphatic heterocycles. The van der Waals surface area contributed by atoms with Crippen LogP contribution in [0.15, 0.2) is 36.4 Å². The smallest absolute Gasteiger partial charge is 0.336 e. The van der Waals surface area contributed by atoms with Crippen molar-refractivity contribution in [2.45, 2.75) is 58.0 Å².